The second-order valence-electron chi connectivity index (χ2n) is 12.6. The highest BCUT2D eigenvalue weighted by Crippen LogP contribution is 2.42. The van der Waals surface area contributed by atoms with Crippen molar-refractivity contribution in [3.8, 4) is 23.0 Å². The molecule has 292 valence electrons. The number of aromatic hydroxyl groups is 4. The van der Waals surface area contributed by atoms with Gasteiger partial charge in [-0.25, -0.2) is 9.59 Å². The number of fused-ring (bicyclic) bond motifs is 2. The van der Waals surface area contributed by atoms with Crippen molar-refractivity contribution in [3.05, 3.63) is 106 Å². The lowest BCUT2D eigenvalue weighted by atomic mass is 9.81. The highest BCUT2D eigenvalue weighted by molar-refractivity contribution is 6.33. The molecule has 0 heterocycles. The van der Waals surface area contributed by atoms with Crippen LogP contribution in [0, 0.1) is 0 Å². The van der Waals surface area contributed by atoms with Crippen LogP contribution in [0.25, 0.3) is 0 Å². The smallest absolute Gasteiger partial charge is 0.405 e. The summed E-state index contributed by atoms with van der Waals surface area (Å²) >= 11 is 0. The molecule has 4 aromatic rings. The monoisotopic (exact) mass is 770 g/mol. The number of rotatable bonds is 16. The van der Waals surface area contributed by atoms with E-state index >= 15 is 0 Å². The number of carbonyl (C=O) groups excluding carboxylic acids is 4. The molecule has 0 aliphatic heterocycles. The van der Waals surface area contributed by atoms with Gasteiger partial charge < -0.3 is 62.5 Å². The minimum Gasteiger partial charge on any atom is -0.508 e. The number of ketones is 2. The Morgan fingerprint density at radius 3 is 1.18 bits per heavy atom. The van der Waals surface area contributed by atoms with Crippen LogP contribution in [0.1, 0.15) is 43.0 Å². The quantitative estimate of drug-likeness (QED) is 0.0506. The lowest BCUT2D eigenvalue weighted by molar-refractivity contribution is -0.123. The summed E-state index contributed by atoms with van der Waals surface area (Å²) in [6.07, 6.45) is -2.87. The number of amides is 4. The van der Waals surface area contributed by atoms with Crippen molar-refractivity contribution >= 4 is 46.9 Å². The molecular weight excluding hydrogens is 732 g/mol. The van der Waals surface area contributed by atoms with E-state index in [-0.39, 0.29) is 73.0 Å². The fourth-order valence-electron chi connectivity index (χ4n) is 6.12. The molecule has 0 aromatic heterocycles. The lowest BCUT2D eigenvalue weighted by Gasteiger charge is -2.25. The number of phenolic OH excluding ortho intramolecular Hbond substituents is 4. The predicted molar refractivity (Wildman–Crippen MR) is 200 cm³/mol. The number of benzene rings is 4. The third-order valence-corrected chi connectivity index (χ3v) is 8.74. The maximum Gasteiger partial charge on any atom is 0.405 e. The van der Waals surface area contributed by atoms with Gasteiger partial charge in [0.25, 0.3) is 0 Å². The minimum absolute atomic E-state index is 0.00175. The van der Waals surface area contributed by atoms with Crippen LogP contribution in [0.3, 0.4) is 0 Å². The molecule has 0 saturated heterocycles. The Morgan fingerprint density at radius 1 is 0.482 bits per heavy atom. The molecule has 0 fully saturated rings. The molecule has 1 aliphatic carbocycles. The lowest BCUT2D eigenvalue weighted by Crippen LogP contribution is -2.48. The molecule has 0 spiro atoms. The molecule has 18 heteroatoms. The average molecular weight is 771 g/mol. The first-order chi connectivity index (χ1) is 26.7. The van der Waals surface area contributed by atoms with Crippen LogP contribution < -0.4 is 31.9 Å². The van der Waals surface area contributed by atoms with E-state index in [1.165, 1.54) is 36.4 Å². The highest BCUT2D eigenvalue weighted by atomic mass is 16.4. The zero-order chi connectivity index (χ0) is 40.5. The summed E-state index contributed by atoms with van der Waals surface area (Å²) in [6, 6.07) is 14.5. The fourth-order valence-corrected chi connectivity index (χ4v) is 6.12. The molecular formula is C38H38N6O12. The SMILES string of the molecule is O=C(O)N[C@@H](Cc1ccc(O)cc1)C(=O)NCCNc1ccc(NCCNC(=O)[C@H](Cc2ccc(O)cc2)NC(=O)O)c2c1C(=O)c1c(O)ccc(O)c1C2=O. The Labute approximate surface area is 318 Å². The number of hydrogen-bond acceptors (Lipinski definition) is 12. The molecule has 56 heavy (non-hydrogen) atoms. The van der Waals surface area contributed by atoms with E-state index in [0.717, 1.165) is 12.1 Å². The van der Waals surface area contributed by atoms with Crippen molar-refractivity contribution in [1.82, 2.24) is 21.3 Å². The van der Waals surface area contributed by atoms with Gasteiger partial charge in [-0.3, -0.25) is 19.2 Å². The Bertz CT molecular complexity index is 2010. The van der Waals surface area contributed by atoms with E-state index in [0.29, 0.717) is 11.1 Å². The topological polar surface area (TPSA) is 296 Å². The summed E-state index contributed by atoms with van der Waals surface area (Å²) in [6.45, 7) is -0.135. The number of carbonyl (C=O) groups is 6. The Hall–Kier alpha value is -7.50. The van der Waals surface area contributed by atoms with Crippen LogP contribution in [0.15, 0.2) is 72.8 Å². The molecule has 18 nitrogen and oxygen atoms in total. The summed E-state index contributed by atoms with van der Waals surface area (Å²) < 4.78 is 0. The molecule has 12 N–H and O–H groups in total. The van der Waals surface area contributed by atoms with Crippen molar-refractivity contribution in [2.24, 2.45) is 0 Å². The van der Waals surface area contributed by atoms with Crippen molar-refractivity contribution in [2.75, 3.05) is 36.8 Å². The summed E-state index contributed by atoms with van der Waals surface area (Å²) in [5.74, 6) is -3.95. The van der Waals surface area contributed by atoms with Crippen molar-refractivity contribution < 1.29 is 59.4 Å². The van der Waals surface area contributed by atoms with Crippen molar-refractivity contribution in [1.29, 1.82) is 0 Å². The first-order valence-corrected chi connectivity index (χ1v) is 17.1. The third-order valence-electron chi connectivity index (χ3n) is 8.74. The maximum atomic E-state index is 13.9. The average Bonchev–Trinajstić information content (AvgIpc) is 3.15. The molecule has 0 saturated carbocycles. The number of carboxylic acid groups (broad SMARTS) is 2. The van der Waals surface area contributed by atoms with E-state index in [1.807, 2.05) is 0 Å². The third kappa shape index (κ3) is 9.53. The number of nitrogens with one attached hydrogen (secondary N) is 6. The van der Waals surface area contributed by atoms with Gasteiger partial charge in [0, 0.05) is 50.4 Å². The first kappa shape index (κ1) is 39.7. The Morgan fingerprint density at radius 2 is 0.839 bits per heavy atom. The molecule has 0 bridgehead atoms. The van der Waals surface area contributed by atoms with E-state index in [9.17, 15) is 59.4 Å². The molecule has 2 atom stereocenters. The molecule has 0 unspecified atom stereocenters. The minimum atomic E-state index is -1.42. The predicted octanol–water partition coefficient (Wildman–Crippen LogP) is 2.10. The van der Waals surface area contributed by atoms with Gasteiger partial charge in [-0.15, -0.1) is 0 Å². The first-order valence-electron chi connectivity index (χ1n) is 17.1. The Balaban J connectivity index is 1.29. The summed E-state index contributed by atoms with van der Waals surface area (Å²) in [5, 5.41) is 74.3. The van der Waals surface area contributed by atoms with Gasteiger partial charge in [0.05, 0.1) is 22.3 Å². The summed E-state index contributed by atoms with van der Waals surface area (Å²) in [7, 11) is 0. The molecule has 4 amide bonds. The van der Waals surface area contributed by atoms with Crippen molar-refractivity contribution in [2.45, 2.75) is 24.9 Å². The van der Waals surface area contributed by atoms with Gasteiger partial charge in [0.15, 0.2) is 0 Å². The van der Waals surface area contributed by atoms with Crippen LogP contribution in [-0.2, 0) is 22.4 Å². The largest absolute Gasteiger partial charge is 0.508 e. The van der Waals surface area contributed by atoms with E-state index in [4.69, 9.17) is 0 Å². The standard InChI is InChI=1S/C38H38N6O12/c45-21-5-1-19(2-6-21)17-25(43-37(53)54)35(51)41-15-13-39-23-9-10-24(30-29(23)33(49)31-27(47)11-12-28(48)32(31)34(30)50)40-14-16-42-36(52)26(44-38(55)56)18-20-3-7-22(46)8-4-20/h1-12,25-26,39-40,43-48H,13-18H2,(H,41,51)(H,42,52)(H,53,54)(H,55,56)/t25-,26-/m0/s1. The van der Waals surface area contributed by atoms with Gasteiger partial charge in [-0.2, -0.15) is 0 Å². The van der Waals surface area contributed by atoms with Crippen LogP contribution in [-0.4, -0.2) is 104 Å². The van der Waals surface area contributed by atoms with E-state index < -0.39 is 70.3 Å². The zero-order valence-electron chi connectivity index (χ0n) is 29.5. The summed E-state index contributed by atoms with van der Waals surface area (Å²) in [4.78, 5) is 76.5. The summed E-state index contributed by atoms with van der Waals surface area (Å²) in [5.41, 5.74) is 0.320. The second-order valence-corrected chi connectivity index (χ2v) is 12.6. The number of hydrogen-bond donors (Lipinski definition) is 12. The van der Waals surface area contributed by atoms with Crippen molar-refractivity contribution in [3.63, 3.8) is 0 Å². The molecule has 4 aromatic carbocycles. The highest BCUT2D eigenvalue weighted by Gasteiger charge is 2.38. The van der Waals surface area contributed by atoms with Crippen LogP contribution in [0.2, 0.25) is 0 Å². The van der Waals surface area contributed by atoms with Gasteiger partial charge in [-0.05, 0) is 59.7 Å². The van der Waals surface area contributed by atoms with Gasteiger partial charge in [0.2, 0.25) is 23.4 Å². The van der Waals surface area contributed by atoms with Crippen LogP contribution in [0.4, 0.5) is 21.0 Å². The molecule has 0 radical (unpaired) electrons. The number of anilines is 2. The fraction of sp³-hybridized carbons (Fsp3) is 0.211. The van der Waals surface area contributed by atoms with Crippen LogP contribution >= 0.6 is 0 Å². The molecule has 1 aliphatic rings. The Kier molecular flexibility index (Phi) is 12.4. The van der Waals surface area contributed by atoms with Gasteiger partial charge in [-0.1, -0.05) is 24.3 Å². The van der Waals surface area contributed by atoms with Crippen LogP contribution in [0.5, 0.6) is 23.0 Å². The van der Waals surface area contributed by atoms with E-state index in [2.05, 4.69) is 31.9 Å². The van der Waals surface area contributed by atoms with Gasteiger partial charge >= 0.3 is 12.2 Å². The second kappa shape index (κ2) is 17.5. The maximum absolute atomic E-state index is 13.9. The van der Waals surface area contributed by atoms with E-state index in [1.54, 1.807) is 24.3 Å². The number of phenols is 4. The molecule has 5 rings (SSSR count). The van der Waals surface area contributed by atoms with Gasteiger partial charge in [0.1, 0.15) is 35.1 Å². The zero-order valence-corrected chi connectivity index (χ0v) is 29.5. The normalized spacial score (nSPS) is 12.6.